The second kappa shape index (κ2) is 7.21. The van der Waals surface area contributed by atoms with E-state index < -0.39 is 27.5 Å². The number of carboxylic acids is 1. The molecule has 0 fully saturated rings. The third-order valence-corrected chi connectivity index (χ3v) is 4.79. The molecule has 0 aliphatic rings. The topological polar surface area (TPSA) is 101 Å². The third kappa shape index (κ3) is 4.56. The molecule has 6 nitrogen and oxygen atoms in total. The molecule has 0 radical (unpaired) electrons. The highest BCUT2D eigenvalue weighted by molar-refractivity contribution is 7.92. The smallest absolute Gasteiger partial charge is 0.337 e. The van der Waals surface area contributed by atoms with Crippen LogP contribution in [0.15, 0.2) is 29.2 Å². The maximum absolute atomic E-state index is 12.2. The van der Waals surface area contributed by atoms with Gasteiger partial charge < -0.3 is 10.4 Å². The molecule has 1 aromatic rings. The molecule has 0 saturated heterocycles. The van der Waals surface area contributed by atoms with Crippen molar-refractivity contribution in [1.82, 2.24) is 5.32 Å². The van der Waals surface area contributed by atoms with Gasteiger partial charge in [0.1, 0.15) is 5.75 Å². The average Bonchev–Trinajstić information content (AvgIpc) is 2.44. The lowest BCUT2D eigenvalue weighted by Crippen LogP contribution is -2.38. The first kappa shape index (κ1) is 17.2. The average molecular weight is 313 g/mol. The fourth-order valence-corrected chi connectivity index (χ4v) is 3.29. The van der Waals surface area contributed by atoms with Crippen molar-refractivity contribution in [2.24, 2.45) is 0 Å². The number of carboxylic acid groups (broad SMARTS) is 1. The Balaban J connectivity index is 2.97. The Bertz CT molecular complexity index is 620. The molecule has 0 heterocycles. The van der Waals surface area contributed by atoms with E-state index in [9.17, 15) is 18.0 Å². The number of rotatable bonds is 7. The van der Waals surface area contributed by atoms with Crippen molar-refractivity contribution >= 4 is 21.7 Å². The van der Waals surface area contributed by atoms with E-state index in [2.05, 4.69) is 5.32 Å². The minimum absolute atomic E-state index is 0.0811. The Kier molecular flexibility index (Phi) is 5.90. The van der Waals surface area contributed by atoms with Crippen LogP contribution >= 0.6 is 0 Å². The van der Waals surface area contributed by atoms with Gasteiger partial charge in [-0.15, -0.1) is 0 Å². The summed E-state index contributed by atoms with van der Waals surface area (Å²) >= 11 is 0. The first-order chi connectivity index (χ1) is 9.81. The number of carbonyl (C=O) groups is 2. The molecular weight excluding hydrogens is 294 g/mol. The van der Waals surface area contributed by atoms with Gasteiger partial charge in [0.2, 0.25) is 5.91 Å². The van der Waals surface area contributed by atoms with Gasteiger partial charge in [0.15, 0.2) is 9.84 Å². The fourth-order valence-electron chi connectivity index (χ4n) is 1.93. The maximum atomic E-state index is 12.2. The zero-order valence-corrected chi connectivity index (χ0v) is 12.8. The number of sulfone groups is 1. The van der Waals surface area contributed by atoms with Gasteiger partial charge in [-0.3, -0.25) is 4.79 Å². The zero-order valence-electron chi connectivity index (χ0n) is 12.0. The number of amides is 1. The molecule has 2 N–H and O–H groups in total. The van der Waals surface area contributed by atoms with Crippen LogP contribution in [0.25, 0.3) is 0 Å². The highest BCUT2D eigenvalue weighted by Gasteiger charge is 2.25. The first-order valence-electron chi connectivity index (χ1n) is 6.66. The summed E-state index contributed by atoms with van der Waals surface area (Å²) in [5.74, 6) is -2.72. The second-order valence-electron chi connectivity index (χ2n) is 4.64. The fraction of sp³-hybridized carbons (Fsp3) is 0.429. The highest BCUT2D eigenvalue weighted by Crippen LogP contribution is 2.17. The van der Waals surface area contributed by atoms with Crippen LogP contribution in [0.2, 0.25) is 0 Å². The number of aromatic carboxylic acids is 1. The number of nitrogens with one attached hydrogen (secondary N) is 1. The van der Waals surface area contributed by atoms with Gasteiger partial charge in [0.05, 0.1) is 10.5 Å². The number of carbonyl (C=O) groups excluding carboxylic acids is 1. The first-order valence-corrected chi connectivity index (χ1v) is 8.31. The summed E-state index contributed by atoms with van der Waals surface area (Å²) < 4.78 is 24.4. The SMILES string of the molecule is CCC(CC)NC(=O)CS(=O)(=O)c1ccccc1C(=O)O. The number of benzene rings is 1. The molecule has 7 heteroatoms. The summed E-state index contributed by atoms with van der Waals surface area (Å²) in [4.78, 5) is 22.5. The van der Waals surface area contributed by atoms with E-state index in [-0.39, 0.29) is 16.5 Å². The summed E-state index contributed by atoms with van der Waals surface area (Å²) in [7, 11) is -3.99. The Morgan fingerprint density at radius 1 is 1.19 bits per heavy atom. The van der Waals surface area contributed by atoms with E-state index in [0.29, 0.717) is 12.8 Å². The normalized spacial score (nSPS) is 11.4. The lowest BCUT2D eigenvalue weighted by Gasteiger charge is -2.15. The molecule has 0 unspecified atom stereocenters. The van der Waals surface area contributed by atoms with Crippen LogP contribution in [-0.2, 0) is 14.6 Å². The Hall–Kier alpha value is -1.89. The van der Waals surface area contributed by atoms with Crippen molar-refractivity contribution < 1.29 is 23.1 Å². The van der Waals surface area contributed by atoms with Crippen molar-refractivity contribution in [3.8, 4) is 0 Å². The lowest BCUT2D eigenvalue weighted by molar-refractivity contribution is -0.119. The molecule has 0 bridgehead atoms. The van der Waals surface area contributed by atoms with Gasteiger partial charge >= 0.3 is 5.97 Å². The predicted molar refractivity (Wildman–Crippen MR) is 78.0 cm³/mol. The van der Waals surface area contributed by atoms with E-state index in [1.165, 1.54) is 24.3 Å². The molecular formula is C14H19NO5S. The Morgan fingerprint density at radius 3 is 2.29 bits per heavy atom. The van der Waals surface area contributed by atoms with E-state index in [4.69, 9.17) is 5.11 Å². The van der Waals surface area contributed by atoms with Gasteiger partial charge in [0.25, 0.3) is 0 Å². The number of hydrogen-bond acceptors (Lipinski definition) is 4. The minimum Gasteiger partial charge on any atom is -0.478 e. The van der Waals surface area contributed by atoms with Crippen molar-refractivity contribution in [2.75, 3.05) is 5.75 Å². The van der Waals surface area contributed by atoms with Crippen LogP contribution in [0.5, 0.6) is 0 Å². The standard InChI is InChI=1S/C14H19NO5S/c1-3-10(4-2)15-13(16)9-21(19,20)12-8-6-5-7-11(12)14(17)18/h5-8,10H,3-4,9H2,1-2H3,(H,15,16)(H,17,18). The quantitative estimate of drug-likeness (QED) is 0.793. The highest BCUT2D eigenvalue weighted by atomic mass is 32.2. The predicted octanol–water partition coefficient (Wildman–Crippen LogP) is 1.46. The summed E-state index contributed by atoms with van der Waals surface area (Å²) in [6.07, 6.45) is 1.40. The molecule has 116 valence electrons. The number of hydrogen-bond donors (Lipinski definition) is 2. The summed E-state index contributed by atoms with van der Waals surface area (Å²) in [6.45, 7) is 3.78. The Morgan fingerprint density at radius 2 is 1.76 bits per heavy atom. The molecule has 0 aliphatic heterocycles. The Labute approximate surface area is 124 Å². The monoisotopic (exact) mass is 313 g/mol. The molecule has 0 spiro atoms. The molecule has 0 saturated carbocycles. The third-order valence-electron chi connectivity index (χ3n) is 3.12. The molecule has 0 aliphatic carbocycles. The summed E-state index contributed by atoms with van der Waals surface area (Å²) in [6, 6.07) is 5.18. The summed E-state index contributed by atoms with van der Waals surface area (Å²) in [5, 5.41) is 11.6. The van der Waals surface area contributed by atoms with Crippen LogP contribution < -0.4 is 5.32 Å². The van der Waals surface area contributed by atoms with Crippen LogP contribution in [-0.4, -0.2) is 37.2 Å². The van der Waals surface area contributed by atoms with Crippen LogP contribution in [0.1, 0.15) is 37.0 Å². The van der Waals surface area contributed by atoms with Crippen molar-refractivity contribution in [1.29, 1.82) is 0 Å². The lowest BCUT2D eigenvalue weighted by atomic mass is 10.2. The molecule has 0 aromatic heterocycles. The van der Waals surface area contributed by atoms with Gasteiger partial charge in [0, 0.05) is 6.04 Å². The largest absolute Gasteiger partial charge is 0.478 e. The molecule has 0 atom stereocenters. The second-order valence-corrected chi connectivity index (χ2v) is 6.60. The maximum Gasteiger partial charge on any atom is 0.337 e. The van der Waals surface area contributed by atoms with Crippen LogP contribution in [0, 0.1) is 0 Å². The molecule has 21 heavy (non-hydrogen) atoms. The zero-order chi connectivity index (χ0) is 16.0. The van der Waals surface area contributed by atoms with E-state index in [0.717, 1.165) is 0 Å². The van der Waals surface area contributed by atoms with Gasteiger partial charge in [-0.2, -0.15) is 0 Å². The van der Waals surface area contributed by atoms with E-state index in [1.54, 1.807) is 0 Å². The van der Waals surface area contributed by atoms with Gasteiger partial charge in [-0.1, -0.05) is 26.0 Å². The molecule has 1 rings (SSSR count). The van der Waals surface area contributed by atoms with Gasteiger partial charge in [-0.05, 0) is 25.0 Å². The van der Waals surface area contributed by atoms with E-state index >= 15 is 0 Å². The van der Waals surface area contributed by atoms with Crippen molar-refractivity contribution in [3.63, 3.8) is 0 Å². The van der Waals surface area contributed by atoms with Crippen molar-refractivity contribution in [3.05, 3.63) is 29.8 Å². The molecule has 1 amide bonds. The van der Waals surface area contributed by atoms with Gasteiger partial charge in [-0.25, -0.2) is 13.2 Å². The van der Waals surface area contributed by atoms with Crippen LogP contribution in [0.4, 0.5) is 0 Å². The summed E-state index contributed by atoms with van der Waals surface area (Å²) in [5.41, 5.74) is -0.326. The van der Waals surface area contributed by atoms with Crippen molar-refractivity contribution in [2.45, 2.75) is 37.6 Å². The van der Waals surface area contributed by atoms with Crippen LogP contribution in [0.3, 0.4) is 0 Å². The minimum atomic E-state index is -3.99. The molecule has 1 aromatic carbocycles. The van der Waals surface area contributed by atoms with E-state index in [1.807, 2.05) is 13.8 Å².